The van der Waals surface area contributed by atoms with Gasteiger partial charge in [-0.1, -0.05) is 6.07 Å². The largest absolute Gasteiger partial charge is 0.493 e. The summed E-state index contributed by atoms with van der Waals surface area (Å²) in [7, 11) is 9.01. The van der Waals surface area contributed by atoms with Crippen LogP contribution in [0.25, 0.3) is 0 Å². The Kier molecular flexibility index (Phi) is 5.97. The highest BCUT2D eigenvalue weighted by Gasteiger charge is 2.18. The van der Waals surface area contributed by atoms with Gasteiger partial charge in [-0.3, -0.25) is 4.90 Å². The lowest BCUT2D eigenvalue weighted by Gasteiger charge is -2.24. The average Bonchev–Trinajstić information content (AvgIpc) is 2.60. The summed E-state index contributed by atoms with van der Waals surface area (Å²) in [4.78, 5) is 16.9. The summed E-state index contributed by atoms with van der Waals surface area (Å²) < 4.78 is 10.6. The number of hydrogen-bond acceptors (Lipinski definition) is 8. The predicted molar refractivity (Wildman–Crippen MR) is 98.0 cm³/mol. The molecule has 1 atom stereocenters. The van der Waals surface area contributed by atoms with E-state index >= 15 is 0 Å². The summed E-state index contributed by atoms with van der Waals surface area (Å²) in [6.07, 6.45) is 0. The van der Waals surface area contributed by atoms with Gasteiger partial charge in [0, 0.05) is 20.6 Å². The normalized spacial score (nSPS) is 12.1. The molecule has 136 valence electrons. The minimum Gasteiger partial charge on any atom is -0.493 e. The van der Waals surface area contributed by atoms with Crippen LogP contribution < -0.4 is 20.1 Å². The molecule has 0 saturated heterocycles. The first-order chi connectivity index (χ1) is 11.8. The highest BCUT2D eigenvalue weighted by atomic mass is 16.5. The first kappa shape index (κ1) is 18.7. The van der Waals surface area contributed by atoms with Gasteiger partial charge in [-0.05, 0) is 31.7 Å². The minimum absolute atomic E-state index is 0.0305. The van der Waals surface area contributed by atoms with E-state index in [1.54, 1.807) is 14.2 Å². The zero-order chi connectivity index (χ0) is 18.6. The molecule has 2 aromatic rings. The molecule has 0 unspecified atom stereocenters. The molecule has 1 aromatic carbocycles. The summed E-state index contributed by atoms with van der Waals surface area (Å²) in [5, 5.41) is 0. The highest BCUT2D eigenvalue weighted by molar-refractivity contribution is 5.43. The van der Waals surface area contributed by atoms with Crippen molar-refractivity contribution in [3.05, 3.63) is 29.6 Å². The Labute approximate surface area is 148 Å². The minimum atomic E-state index is -0.0305. The second-order valence-corrected chi connectivity index (χ2v) is 6.03. The van der Waals surface area contributed by atoms with Crippen molar-refractivity contribution in [1.29, 1.82) is 0 Å². The van der Waals surface area contributed by atoms with E-state index < -0.39 is 0 Å². The van der Waals surface area contributed by atoms with Gasteiger partial charge in [-0.2, -0.15) is 15.0 Å². The van der Waals surface area contributed by atoms with E-state index in [4.69, 9.17) is 15.2 Å². The van der Waals surface area contributed by atoms with E-state index in [0.717, 1.165) is 5.56 Å². The smallest absolute Gasteiger partial charge is 0.229 e. The zero-order valence-electron chi connectivity index (χ0n) is 15.6. The van der Waals surface area contributed by atoms with Gasteiger partial charge >= 0.3 is 0 Å². The van der Waals surface area contributed by atoms with Crippen LogP contribution in [-0.4, -0.2) is 55.2 Å². The van der Waals surface area contributed by atoms with Crippen molar-refractivity contribution >= 4 is 11.9 Å². The molecule has 8 nitrogen and oxygen atoms in total. The molecule has 0 aliphatic carbocycles. The first-order valence-corrected chi connectivity index (χ1v) is 7.95. The van der Waals surface area contributed by atoms with Gasteiger partial charge in [-0.25, -0.2) is 0 Å². The predicted octanol–water partition coefficient (Wildman–Crippen LogP) is 1.73. The number of nitrogens with two attached hydrogens (primary N) is 1. The third kappa shape index (κ3) is 4.48. The fourth-order valence-corrected chi connectivity index (χ4v) is 2.39. The summed E-state index contributed by atoms with van der Waals surface area (Å²) in [5.74, 6) is 2.83. The standard InChI is InChI=1S/C17H26N6O2/c1-11(15-19-16(18)21-17(20-15)22(2)3)23(4)10-12-7-8-13(24-5)14(9-12)25-6/h7-9,11H,10H2,1-6H3,(H2,18,19,20,21)/t11-/m0/s1. The van der Waals surface area contributed by atoms with E-state index in [9.17, 15) is 0 Å². The molecular formula is C17H26N6O2. The van der Waals surface area contributed by atoms with Gasteiger partial charge in [0.2, 0.25) is 11.9 Å². The number of methoxy groups -OCH3 is 2. The lowest BCUT2D eigenvalue weighted by Crippen LogP contribution is -2.25. The van der Waals surface area contributed by atoms with Gasteiger partial charge in [0.1, 0.15) is 0 Å². The number of benzene rings is 1. The van der Waals surface area contributed by atoms with Crippen LogP contribution in [0.2, 0.25) is 0 Å². The summed E-state index contributed by atoms with van der Waals surface area (Å²) in [6.45, 7) is 2.74. The second-order valence-electron chi connectivity index (χ2n) is 6.03. The number of hydrogen-bond donors (Lipinski definition) is 1. The molecule has 0 aliphatic rings. The maximum atomic E-state index is 5.82. The van der Waals surface area contributed by atoms with Crippen LogP contribution in [0.5, 0.6) is 11.5 Å². The SMILES string of the molecule is COc1ccc(CN(C)[C@@H](C)c2nc(N)nc(N(C)C)n2)cc1OC. The summed E-state index contributed by atoms with van der Waals surface area (Å²) in [5.41, 5.74) is 6.92. The van der Waals surface area contributed by atoms with E-state index in [1.807, 2.05) is 51.2 Å². The summed E-state index contributed by atoms with van der Waals surface area (Å²) in [6, 6.07) is 5.85. The van der Waals surface area contributed by atoms with Crippen LogP contribution in [0.4, 0.5) is 11.9 Å². The molecule has 0 amide bonds. The van der Waals surface area contributed by atoms with Crippen molar-refractivity contribution in [2.24, 2.45) is 0 Å². The van der Waals surface area contributed by atoms with Crippen LogP contribution >= 0.6 is 0 Å². The Bertz CT molecular complexity index is 722. The molecule has 25 heavy (non-hydrogen) atoms. The Morgan fingerprint density at radius 2 is 1.72 bits per heavy atom. The van der Waals surface area contributed by atoms with Gasteiger partial charge < -0.3 is 20.1 Å². The maximum Gasteiger partial charge on any atom is 0.229 e. The molecule has 2 rings (SSSR count). The Morgan fingerprint density at radius 1 is 1.04 bits per heavy atom. The topological polar surface area (TPSA) is 89.6 Å². The van der Waals surface area contributed by atoms with E-state index in [2.05, 4.69) is 19.9 Å². The Morgan fingerprint density at radius 3 is 2.32 bits per heavy atom. The van der Waals surface area contributed by atoms with E-state index in [0.29, 0.717) is 29.8 Å². The van der Waals surface area contributed by atoms with Gasteiger partial charge in [0.25, 0.3) is 0 Å². The molecule has 0 spiro atoms. The lowest BCUT2D eigenvalue weighted by molar-refractivity contribution is 0.243. The Balaban J connectivity index is 2.19. The summed E-state index contributed by atoms with van der Waals surface area (Å²) >= 11 is 0. The van der Waals surface area contributed by atoms with Gasteiger partial charge in [0.05, 0.1) is 20.3 Å². The maximum absolute atomic E-state index is 5.82. The van der Waals surface area contributed by atoms with Crippen molar-refractivity contribution in [2.45, 2.75) is 19.5 Å². The molecule has 8 heteroatoms. The molecule has 0 radical (unpaired) electrons. The van der Waals surface area contributed by atoms with Crippen LogP contribution in [0, 0.1) is 0 Å². The number of rotatable bonds is 7. The molecule has 2 N–H and O–H groups in total. The van der Waals surface area contributed by atoms with Gasteiger partial charge in [0.15, 0.2) is 17.3 Å². The van der Waals surface area contributed by atoms with Crippen LogP contribution in [-0.2, 0) is 6.54 Å². The van der Waals surface area contributed by atoms with Crippen molar-refractivity contribution in [3.63, 3.8) is 0 Å². The fraction of sp³-hybridized carbons (Fsp3) is 0.471. The quantitative estimate of drug-likeness (QED) is 0.811. The molecular weight excluding hydrogens is 320 g/mol. The fourth-order valence-electron chi connectivity index (χ4n) is 2.39. The van der Waals surface area contributed by atoms with Crippen molar-refractivity contribution in [3.8, 4) is 11.5 Å². The monoisotopic (exact) mass is 346 g/mol. The van der Waals surface area contributed by atoms with E-state index in [1.165, 1.54) is 0 Å². The molecule has 0 saturated carbocycles. The third-order valence-corrected chi connectivity index (χ3v) is 3.97. The van der Waals surface area contributed by atoms with Crippen LogP contribution in [0.1, 0.15) is 24.4 Å². The van der Waals surface area contributed by atoms with Crippen molar-refractivity contribution < 1.29 is 9.47 Å². The molecule has 0 fully saturated rings. The Hall–Kier alpha value is -2.61. The molecule has 0 bridgehead atoms. The number of aromatic nitrogens is 3. The number of ether oxygens (including phenoxy) is 2. The van der Waals surface area contributed by atoms with Gasteiger partial charge in [-0.15, -0.1) is 0 Å². The number of anilines is 2. The number of nitrogens with zero attached hydrogens (tertiary/aromatic N) is 5. The average molecular weight is 346 g/mol. The van der Waals surface area contributed by atoms with E-state index in [-0.39, 0.29) is 12.0 Å². The second kappa shape index (κ2) is 7.98. The number of nitrogen functional groups attached to an aromatic ring is 1. The first-order valence-electron chi connectivity index (χ1n) is 7.95. The molecule has 1 aromatic heterocycles. The highest BCUT2D eigenvalue weighted by Crippen LogP contribution is 2.29. The van der Waals surface area contributed by atoms with Crippen LogP contribution in [0.15, 0.2) is 18.2 Å². The van der Waals surface area contributed by atoms with Crippen molar-refractivity contribution in [2.75, 3.05) is 46.0 Å². The molecule has 1 heterocycles. The zero-order valence-corrected chi connectivity index (χ0v) is 15.6. The lowest BCUT2D eigenvalue weighted by atomic mass is 10.1. The third-order valence-electron chi connectivity index (χ3n) is 3.97. The molecule has 0 aliphatic heterocycles. The van der Waals surface area contributed by atoms with Crippen molar-refractivity contribution in [1.82, 2.24) is 19.9 Å². The van der Waals surface area contributed by atoms with Crippen LogP contribution in [0.3, 0.4) is 0 Å².